The molecule has 0 unspecified atom stereocenters. The molecule has 29 heavy (non-hydrogen) atoms. The molecule has 3 N–H and O–H groups in total. The Kier molecular flexibility index (Phi) is 5.65. The molecular weight excluding hydrogens is 364 g/mol. The topological polar surface area (TPSA) is 98.7 Å². The first-order valence-corrected chi connectivity index (χ1v) is 9.87. The van der Waals surface area contributed by atoms with Gasteiger partial charge in [-0.15, -0.1) is 0 Å². The standard InChI is InChI=1S/C22H24N6O/c23-22-20-21(17-6-3-4-7-18(17)27-22)28(15-26-20)13-5-1-2-8-19(29)25-14-16-9-11-24-12-10-16/h3-4,6-7,9-12,15H,1-2,5,8,13-14H2,(H2,23,27)(H,25,29). The van der Waals surface area contributed by atoms with Crippen LogP contribution in [0.4, 0.5) is 5.82 Å². The minimum Gasteiger partial charge on any atom is -0.382 e. The Bertz CT molecular complexity index is 1120. The number of nitrogens with two attached hydrogens (primary N) is 1. The molecule has 0 spiro atoms. The predicted octanol–water partition coefficient (Wildman–Crippen LogP) is 3.44. The lowest BCUT2D eigenvalue weighted by molar-refractivity contribution is -0.121. The predicted molar refractivity (Wildman–Crippen MR) is 114 cm³/mol. The Hall–Kier alpha value is -3.48. The van der Waals surface area contributed by atoms with E-state index in [-0.39, 0.29) is 5.91 Å². The number of hydrogen-bond acceptors (Lipinski definition) is 5. The monoisotopic (exact) mass is 388 g/mol. The van der Waals surface area contributed by atoms with Gasteiger partial charge in [0.1, 0.15) is 5.52 Å². The number of carbonyl (C=O) groups excluding carboxylic acids is 1. The molecular formula is C22H24N6O. The maximum Gasteiger partial charge on any atom is 0.220 e. The van der Waals surface area contributed by atoms with Crippen LogP contribution in [-0.2, 0) is 17.9 Å². The van der Waals surface area contributed by atoms with Gasteiger partial charge in [-0.3, -0.25) is 9.78 Å². The molecule has 3 heterocycles. The van der Waals surface area contributed by atoms with Crippen LogP contribution >= 0.6 is 0 Å². The number of benzene rings is 1. The summed E-state index contributed by atoms with van der Waals surface area (Å²) in [5, 5.41) is 4.01. The van der Waals surface area contributed by atoms with Gasteiger partial charge in [-0.05, 0) is 36.6 Å². The van der Waals surface area contributed by atoms with E-state index in [0.717, 1.165) is 53.3 Å². The number of imidazole rings is 1. The van der Waals surface area contributed by atoms with Crippen molar-refractivity contribution in [1.29, 1.82) is 0 Å². The Labute approximate surface area is 169 Å². The van der Waals surface area contributed by atoms with Crippen LogP contribution in [0.15, 0.2) is 55.1 Å². The molecule has 4 rings (SSSR count). The van der Waals surface area contributed by atoms with Gasteiger partial charge in [-0.1, -0.05) is 24.6 Å². The van der Waals surface area contributed by atoms with Crippen molar-refractivity contribution < 1.29 is 4.79 Å². The zero-order valence-corrected chi connectivity index (χ0v) is 16.2. The summed E-state index contributed by atoms with van der Waals surface area (Å²) in [5.41, 5.74) is 9.80. The number of aromatic nitrogens is 4. The second-order valence-corrected chi connectivity index (χ2v) is 7.09. The van der Waals surface area contributed by atoms with Crippen molar-refractivity contribution >= 4 is 33.7 Å². The zero-order chi connectivity index (χ0) is 20.1. The van der Waals surface area contributed by atoms with E-state index >= 15 is 0 Å². The molecule has 0 fully saturated rings. The summed E-state index contributed by atoms with van der Waals surface area (Å²) >= 11 is 0. The number of unbranched alkanes of at least 4 members (excludes halogenated alkanes) is 2. The van der Waals surface area contributed by atoms with Gasteiger partial charge >= 0.3 is 0 Å². The fourth-order valence-electron chi connectivity index (χ4n) is 3.51. The third kappa shape index (κ3) is 4.34. The van der Waals surface area contributed by atoms with Gasteiger partial charge in [0.05, 0.1) is 17.4 Å². The summed E-state index contributed by atoms with van der Waals surface area (Å²) in [4.78, 5) is 24.9. The molecule has 4 aromatic rings. The molecule has 7 heteroatoms. The number of nitrogen functional groups attached to an aromatic ring is 1. The fourth-order valence-corrected chi connectivity index (χ4v) is 3.51. The minimum absolute atomic E-state index is 0.0831. The quantitative estimate of drug-likeness (QED) is 0.451. The number of pyridine rings is 2. The largest absolute Gasteiger partial charge is 0.382 e. The minimum atomic E-state index is 0.0831. The molecule has 7 nitrogen and oxygen atoms in total. The average Bonchev–Trinajstić information content (AvgIpc) is 3.18. The first-order chi connectivity index (χ1) is 14.2. The Balaban J connectivity index is 1.29. The van der Waals surface area contributed by atoms with Crippen molar-refractivity contribution in [2.75, 3.05) is 5.73 Å². The van der Waals surface area contributed by atoms with E-state index in [1.165, 1.54) is 0 Å². The molecule has 1 aromatic carbocycles. The van der Waals surface area contributed by atoms with Gasteiger partial charge in [0, 0.05) is 37.3 Å². The first kappa shape index (κ1) is 18.9. The van der Waals surface area contributed by atoms with Crippen LogP contribution < -0.4 is 11.1 Å². The van der Waals surface area contributed by atoms with E-state index in [2.05, 4.69) is 30.9 Å². The lowest BCUT2D eigenvalue weighted by Gasteiger charge is -2.08. The van der Waals surface area contributed by atoms with Crippen LogP contribution in [0, 0.1) is 0 Å². The van der Waals surface area contributed by atoms with Crippen molar-refractivity contribution in [3.63, 3.8) is 0 Å². The molecule has 0 saturated heterocycles. The second kappa shape index (κ2) is 8.68. The zero-order valence-electron chi connectivity index (χ0n) is 16.2. The van der Waals surface area contributed by atoms with Crippen LogP contribution in [0.2, 0.25) is 0 Å². The van der Waals surface area contributed by atoms with E-state index < -0.39 is 0 Å². The summed E-state index contributed by atoms with van der Waals surface area (Å²) in [6, 6.07) is 11.8. The van der Waals surface area contributed by atoms with E-state index in [4.69, 9.17) is 5.73 Å². The van der Waals surface area contributed by atoms with Gasteiger partial charge in [0.2, 0.25) is 5.91 Å². The van der Waals surface area contributed by atoms with Gasteiger partial charge < -0.3 is 15.6 Å². The summed E-state index contributed by atoms with van der Waals surface area (Å²) in [5.74, 6) is 0.544. The lowest BCUT2D eigenvalue weighted by atomic mass is 10.1. The van der Waals surface area contributed by atoms with Crippen molar-refractivity contribution in [2.24, 2.45) is 0 Å². The summed E-state index contributed by atoms with van der Waals surface area (Å²) in [7, 11) is 0. The van der Waals surface area contributed by atoms with Gasteiger partial charge in [0.25, 0.3) is 0 Å². The third-order valence-corrected chi connectivity index (χ3v) is 5.02. The Morgan fingerprint density at radius 3 is 2.76 bits per heavy atom. The van der Waals surface area contributed by atoms with Gasteiger partial charge in [-0.25, -0.2) is 9.97 Å². The molecule has 0 aliphatic rings. The van der Waals surface area contributed by atoms with Crippen LogP contribution in [0.25, 0.3) is 21.9 Å². The Morgan fingerprint density at radius 1 is 1.07 bits per heavy atom. The molecule has 0 bridgehead atoms. The number of carbonyl (C=O) groups is 1. The lowest BCUT2D eigenvalue weighted by Crippen LogP contribution is -2.22. The number of para-hydroxylation sites is 1. The summed E-state index contributed by atoms with van der Waals surface area (Å²) in [6.07, 6.45) is 8.63. The normalized spacial score (nSPS) is 11.2. The fraction of sp³-hybridized carbons (Fsp3) is 0.273. The number of anilines is 1. The van der Waals surface area contributed by atoms with Crippen LogP contribution in [0.3, 0.4) is 0 Å². The highest BCUT2D eigenvalue weighted by Gasteiger charge is 2.11. The molecule has 0 radical (unpaired) electrons. The first-order valence-electron chi connectivity index (χ1n) is 9.87. The van der Waals surface area contributed by atoms with Gasteiger partial charge in [-0.2, -0.15) is 0 Å². The van der Waals surface area contributed by atoms with Crippen LogP contribution in [0.1, 0.15) is 31.2 Å². The summed E-state index contributed by atoms with van der Waals surface area (Å²) in [6.45, 7) is 1.38. The highest BCUT2D eigenvalue weighted by atomic mass is 16.1. The molecule has 0 saturated carbocycles. The van der Waals surface area contributed by atoms with E-state index in [9.17, 15) is 4.79 Å². The van der Waals surface area contributed by atoms with E-state index in [0.29, 0.717) is 18.8 Å². The molecule has 0 aliphatic carbocycles. The maximum absolute atomic E-state index is 12.0. The highest BCUT2D eigenvalue weighted by Crippen LogP contribution is 2.27. The SMILES string of the molecule is Nc1nc2ccccc2c2c1ncn2CCCCCC(=O)NCc1ccncc1. The molecule has 1 amide bonds. The van der Waals surface area contributed by atoms with E-state index in [1.54, 1.807) is 12.4 Å². The number of rotatable bonds is 8. The van der Waals surface area contributed by atoms with Crippen molar-refractivity contribution in [2.45, 2.75) is 38.8 Å². The second-order valence-electron chi connectivity index (χ2n) is 7.09. The Morgan fingerprint density at radius 2 is 1.90 bits per heavy atom. The van der Waals surface area contributed by atoms with Crippen molar-refractivity contribution in [3.8, 4) is 0 Å². The van der Waals surface area contributed by atoms with Gasteiger partial charge in [0.15, 0.2) is 5.82 Å². The van der Waals surface area contributed by atoms with Crippen molar-refractivity contribution in [3.05, 3.63) is 60.7 Å². The molecule has 3 aromatic heterocycles. The third-order valence-electron chi connectivity index (χ3n) is 5.02. The number of nitrogens with zero attached hydrogens (tertiary/aromatic N) is 4. The smallest absolute Gasteiger partial charge is 0.220 e. The number of nitrogens with one attached hydrogen (secondary N) is 1. The average molecular weight is 388 g/mol. The number of fused-ring (bicyclic) bond motifs is 3. The summed E-state index contributed by atoms with van der Waals surface area (Å²) < 4.78 is 2.14. The van der Waals surface area contributed by atoms with Crippen LogP contribution in [-0.4, -0.2) is 25.4 Å². The van der Waals surface area contributed by atoms with E-state index in [1.807, 2.05) is 36.7 Å². The molecule has 0 atom stereocenters. The van der Waals surface area contributed by atoms with Crippen LogP contribution in [0.5, 0.6) is 0 Å². The molecule has 148 valence electrons. The number of amides is 1. The maximum atomic E-state index is 12.0. The molecule has 0 aliphatic heterocycles. The number of hydrogen-bond donors (Lipinski definition) is 2. The highest BCUT2D eigenvalue weighted by molar-refractivity contribution is 6.06. The number of aryl methyl sites for hydroxylation is 1. The van der Waals surface area contributed by atoms with Crippen molar-refractivity contribution in [1.82, 2.24) is 24.8 Å².